The Morgan fingerprint density at radius 2 is 2.25 bits per heavy atom. The van der Waals surface area contributed by atoms with Crippen molar-refractivity contribution in [3.63, 3.8) is 0 Å². The molecule has 0 amide bonds. The standard InChI is InChI=1S/C13H17FO2/c1-2-16-13(9-6-7-9)12(15)10-4-3-5-11(14)8-10/h3-5,8-9,12-13,15H,2,6-7H2,1H3. The maximum absolute atomic E-state index is 13.0. The number of aliphatic hydroxyl groups is 1. The number of halogens is 1. The second-order valence-electron chi connectivity index (χ2n) is 4.26. The van der Waals surface area contributed by atoms with E-state index in [4.69, 9.17) is 4.74 Å². The highest BCUT2D eigenvalue weighted by Gasteiger charge is 2.37. The van der Waals surface area contributed by atoms with Gasteiger partial charge in [-0.1, -0.05) is 12.1 Å². The zero-order valence-corrected chi connectivity index (χ0v) is 9.40. The SMILES string of the molecule is CCOC(C1CC1)C(O)c1cccc(F)c1. The van der Waals surface area contributed by atoms with Crippen LogP contribution in [0.4, 0.5) is 4.39 Å². The van der Waals surface area contributed by atoms with Gasteiger partial charge in [-0.25, -0.2) is 4.39 Å². The summed E-state index contributed by atoms with van der Waals surface area (Å²) >= 11 is 0. The van der Waals surface area contributed by atoms with Crippen molar-refractivity contribution in [1.29, 1.82) is 0 Å². The van der Waals surface area contributed by atoms with Crippen molar-refractivity contribution in [2.24, 2.45) is 5.92 Å². The quantitative estimate of drug-likeness (QED) is 0.833. The molecule has 0 radical (unpaired) electrons. The molecule has 2 atom stereocenters. The van der Waals surface area contributed by atoms with E-state index in [0.717, 1.165) is 12.8 Å². The average Bonchev–Trinajstić information content (AvgIpc) is 3.09. The fraction of sp³-hybridized carbons (Fsp3) is 0.538. The predicted molar refractivity (Wildman–Crippen MR) is 59.5 cm³/mol. The molecule has 0 saturated heterocycles. The lowest BCUT2D eigenvalue weighted by molar-refractivity contribution is -0.0462. The largest absolute Gasteiger partial charge is 0.386 e. The zero-order chi connectivity index (χ0) is 11.5. The third kappa shape index (κ3) is 2.60. The first-order valence-electron chi connectivity index (χ1n) is 5.77. The van der Waals surface area contributed by atoms with Gasteiger partial charge in [0.2, 0.25) is 0 Å². The molecule has 1 N–H and O–H groups in total. The van der Waals surface area contributed by atoms with Gasteiger partial charge >= 0.3 is 0 Å². The Morgan fingerprint density at radius 1 is 1.50 bits per heavy atom. The maximum Gasteiger partial charge on any atom is 0.123 e. The molecule has 3 heteroatoms. The molecule has 2 rings (SSSR count). The van der Waals surface area contributed by atoms with E-state index in [1.165, 1.54) is 12.1 Å². The van der Waals surface area contributed by atoms with Crippen molar-refractivity contribution in [3.8, 4) is 0 Å². The molecule has 2 nitrogen and oxygen atoms in total. The smallest absolute Gasteiger partial charge is 0.123 e. The Bertz CT molecular complexity index is 350. The summed E-state index contributed by atoms with van der Waals surface area (Å²) in [4.78, 5) is 0. The van der Waals surface area contributed by atoms with Gasteiger partial charge in [0.05, 0.1) is 6.10 Å². The number of benzene rings is 1. The van der Waals surface area contributed by atoms with Gasteiger partial charge in [0.15, 0.2) is 0 Å². The van der Waals surface area contributed by atoms with Gasteiger partial charge in [0.25, 0.3) is 0 Å². The molecule has 1 fully saturated rings. The van der Waals surface area contributed by atoms with Gasteiger partial charge in [0.1, 0.15) is 11.9 Å². The molecular formula is C13H17FO2. The number of aliphatic hydroxyl groups excluding tert-OH is 1. The van der Waals surface area contributed by atoms with Crippen molar-refractivity contribution in [1.82, 2.24) is 0 Å². The molecule has 1 aromatic carbocycles. The lowest BCUT2D eigenvalue weighted by Gasteiger charge is -2.23. The number of hydrogen-bond donors (Lipinski definition) is 1. The van der Waals surface area contributed by atoms with Crippen LogP contribution in [-0.2, 0) is 4.74 Å². The lowest BCUT2D eigenvalue weighted by Crippen LogP contribution is -2.24. The molecule has 1 aliphatic carbocycles. The van der Waals surface area contributed by atoms with Gasteiger partial charge in [-0.15, -0.1) is 0 Å². The molecule has 88 valence electrons. The van der Waals surface area contributed by atoms with Crippen molar-refractivity contribution in [2.45, 2.75) is 32.0 Å². The van der Waals surface area contributed by atoms with Crippen LogP contribution in [0.3, 0.4) is 0 Å². The summed E-state index contributed by atoms with van der Waals surface area (Å²) in [6, 6.07) is 6.11. The summed E-state index contributed by atoms with van der Waals surface area (Å²) in [5.74, 6) is 0.112. The number of rotatable bonds is 5. The lowest BCUT2D eigenvalue weighted by atomic mass is 10.0. The predicted octanol–water partition coefficient (Wildman–Crippen LogP) is 2.67. The van der Waals surface area contributed by atoms with Crippen molar-refractivity contribution in [3.05, 3.63) is 35.6 Å². The van der Waals surface area contributed by atoms with Crippen LogP contribution in [0.2, 0.25) is 0 Å². The summed E-state index contributed by atoms with van der Waals surface area (Å²) in [5.41, 5.74) is 0.602. The first-order valence-corrected chi connectivity index (χ1v) is 5.77. The van der Waals surface area contributed by atoms with Gasteiger partial charge < -0.3 is 9.84 Å². The molecule has 0 spiro atoms. The minimum Gasteiger partial charge on any atom is -0.386 e. The molecule has 2 unspecified atom stereocenters. The van der Waals surface area contributed by atoms with Crippen molar-refractivity contribution in [2.75, 3.05) is 6.61 Å². The summed E-state index contributed by atoms with van der Waals surface area (Å²) in [7, 11) is 0. The highest BCUT2D eigenvalue weighted by molar-refractivity contribution is 5.20. The normalized spacial score (nSPS) is 19.4. The Labute approximate surface area is 95.1 Å². The van der Waals surface area contributed by atoms with E-state index in [-0.39, 0.29) is 11.9 Å². The summed E-state index contributed by atoms with van der Waals surface area (Å²) in [6.07, 6.45) is 1.28. The topological polar surface area (TPSA) is 29.5 Å². The van der Waals surface area contributed by atoms with E-state index in [1.54, 1.807) is 12.1 Å². The van der Waals surface area contributed by atoms with Crippen LogP contribution in [-0.4, -0.2) is 17.8 Å². The summed E-state index contributed by atoms with van der Waals surface area (Å²) in [6.45, 7) is 2.49. The third-order valence-corrected chi connectivity index (χ3v) is 2.95. The van der Waals surface area contributed by atoms with E-state index in [2.05, 4.69) is 0 Å². The van der Waals surface area contributed by atoms with Crippen LogP contribution in [0.5, 0.6) is 0 Å². The fourth-order valence-corrected chi connectivity index (χ4v) is 1.98. The molecule has 0 bridgehead atoms. The first-order chi connectivity index (χ1) is 7.72. The first kappa shape index (κ1) is 11.6. The molecule has 1 aliphatic rings. The van der Waals surface area contributed by atoms with Crippen LogP contribution in [0.1, 0.15) is 31.4 Å². The molecule has 1 saturated carbocycles. The van der Waals surface area contributed by atoms with E-state index in [1.807, 2.05) is 6.92 Å². The highest BCUT2D eigenvalue weighted by Crippen LogP contribution is 2.40. The Hall–Kier alpha value is -0.930. The van der Waals surface area contributed by atoms with Crippen LogP contribution in [0.15, 0.2) is 24.3 Å². The minimum atomic E-state index is -0.719. The molecule has 0 aromatic heterocycles. The summed E-state index contributed by atoms with van der Waals surface area (Å²) in [5, 5.41) is 10.2. The van der Waals surface area contributed by atoms with Crippen LogP contribution < -0.4 is 0 Å². The Kier molecular flexibility index (Phi) is 3.56. The summed E-state index contributed by atoms with van der Waals surface area (Å²) < 4.78 is 18.6. The zero-order valence-electron chi connectivity index (χ0n) is 9.40. The minimum absolute atomic E-state index is 0.188. The van der Waals surface area contributed by atoms with Crippen molar-refractivity contribution >= 4 is 0 Å². The van der Waals surface area contributed by atoms with Crippen LogP contribution in [0, 0.1) is 11.7 Å². The van der Waals surface area contributed by atoms with Gasteiger partial charge in [-0.2, -0.15) is 0 Å². The fourth-order valence-electron chi connectivity index (χ4n) is 1.98. The average molecular weight is 224 g/mol. The molecule has 1 aromatic rings. The molecule has 0 aliphatic heterocycles. The monoisotopic (exact) mass is 224 g/mol. The van der Waals surface area contributed by atoms with Gasteiger partial charge in [-0.05, 0) is 43.4 Å². The molecule has 16 heavy (non-hydrogen) atoms. The van der Waals surface area contributed by atoms with Gasteiger partial charge in [0, 0.05) is 6.61 Å². The Morgan fingerprint density at radius 3 is 2.81 bits per heavy atom. The third-order valence-electron chi connectivity index (χ3n) is 2.95. The second-order valence-corrected chi connectivity index (χ2v) is 4.26. The second kappa shape index (κ2) is 4.93. The maximum atomic E-state index is 13.0. The molecular weight excluding hydrogens is 207 g/mol. The van der Waals surface area contributed by atoms with Crippen molar-refractivity contribution < 1.29 is 14.2 Å². The number of hydrogen-bond acceptors (Lipinski definition) is 2. The van der Waals surface area contributed by atoms with E-state index >= 15 is 0 Å². The van der Waals surface area contributed by atoms with Crippen LogP contribution >= 0.6 is 0 Å². The van der Waals surface area contributed by atoms with Crippen LogP contribution in [0.25, 0.3) is 0 Å². The van der Waals surface area contributed by atoms with E-state index in [0.29, 0.717) is 18.1 Å². The van der Waals surface area contributed by atoms with E-state index in [9.17, 15) is 9.50 Å². The van der Waals surface area contributed by atoms with Gasteiger partial charge in [-0.3, -0.25) is 0 Å². The number of ether oxygens (including phenoxy) is 1. The highest BCUT2D eigenvalue weighted by atomic mass is 19.1. The Balaban J connectivity index is 2.12. The van der Waals surface area contributed by atoms with E-state index < -0.39 is 6.10 Å². The molecule has 0 heterocycles.